The average Bonchev–Trinajstić information content (AvgIpc) is 2.53. The summed E-state index contributed by atoms with van der Waals surface area (Å²) >= 11 is 1.81. The third-order valence-electron chi connectivity index (χ3n) is 3.11. The van der Waals surface area contributed by atoms with Crippen molar-refractivity contribution in [1.29, 1.82) is 0 Å². The molecule has 0 amide bonds. The Morgan fingerprint density at radius 3 is 2.83 bits per heavy atom. The Bertz CT molecular complexity index is 405. The summed E-state index contributed by atoms with van der Waals surface area (Å²) in [6.07, 6.45) is -3.21. The van der Waals surface area contributed by atoms with Crippen LogP contribution in [0.15, 0.2) is 24.3 Å². The zero-order chi connectivity index (χ0) is 13.2. The molecule has 2 rings (SSSR count). The maximum absolute atomic E-state index is 12.7. The van der Waals surface area contributed by atoms with Crippen LogP contribution in [0.3, 0.4) is 0 Å². The van der Waals surface area contributed by atoms with Crippen LogP contribution in [0.1, 0.15) is 30.5 Å². The van der Waals surface area contributed by atoms with Gasteiger partial charge in [0.25, 0.3) is 0 Å². The van der Waals surface area contributed by atoms with Crippen molar-refractivity contribution in [2.45, 2.75) is 30.8 Å². The van der Waals surface area contributed by atoms with Gasteiger partial charge >= 0.3 is 6.18 Å². The third kappa shape index (κ3) is 3.42. The van der Waals surface area contributed by atoms with Crippen LogP contribution in [0.5, 0.6) is 0 Å². The molecule has 2 unspecified atom stereocenters. The van der Waals surface area contributed by atoms with E-state index in [2.05, 4.69) is 12.2 Å². The summed E-state index contributed by atoms with van der Waals surface area (Å²) in [6.45, 7) is 3.01. The van der Waals surface area contributed by atoms with Gasteiger partial charge in [-0.1, -0.05) is 19.1 Å². The van der Waals surface area contributed by atoms with Crippen LogP contribution in [-0.2, 0) is 6.18 Å². The van der Waals surface area contributed by atoms with Crippen LogP contribution in [-0.4, -0.2) is 17.5 Å². The predicted molar refractivity (Wildman–Crippen MR) is 68.7 cm³/mol. The number of nitrogens with one attached hydrogen (secondary N) is 1. The highest BCUT2D eigenvalue weighted by molar-refractivity contribution is 7.99. The lowest BCUT2D eigenvalue weighted by atomic mass is 10.0. The Morgan fingerprint density at radius 1 is 1.33 bits per heavy atom. The Labute approximate surface area is 109 Å². The number of alkyl halides is 3. The number of hydrogen-bond acceptors (Lipinski definition) is 2. The first-order chi connectivity index (χ1) is 8.47. The minimum Gasteiger partial charge on any atom is -0.309 e. The van der Waals surface area contributed by atoms with Gasteiger partial charge < -0.3 is 5.32 Å². The highest BCUT2D eigenvalue weighted by Crippen LogP contribution is 2.32. The van der Waals surface area contributed by atoms with E-state index in [1.165, 1.54) is 12.1 Å². The summed E-state index contributed by atoms with van der Waals surface area (Å²) in [7, 11) is 0. The second-order valence-electron chi connectivity index (χ2n) is 4.56. The molecule has 1 nitrogen and oxygen atoms in total. The minimum atomic E-state index is -4.26. The fourth-order valence-corrected chi connectivity index (χ4v) is 3.13. The average molecular weight is 275 g/mol. The molecule has 0 radical (unpaired) electrons. The van der Waals surface area contributed by atoms with Gasteiger partial charge in [-0.25, -0.2) is 0 Å². The molecule has 1 heterocycles. The third-order valence-corrected chi connectivity index (χ3v) is 4.44. The van der Waals surface area contributed by atoms with E-state index in [1.54, 1.807) is 6.07 Å². The molecule has 2 atom stereocenters. The maximum atomic E-state index is 12.7. The summed E-state index contributed by atoms with van der Waals surface area (Å²) in [5.41, 5.74) is 0.163. The lowest BCUT2D eigenvalue weighted by molar-refractivity contribution is -0.137. The quantitative estimate of drug-likeness (QED) is 0.835. The van der Waals surface area contributed by atoms with E-state index in [4.69, 9.17) is 0 Å². The number of hydrogen-bond donors (Lipinski definition) is 1. The molecule has 5 heteroatoms. The molecule has 0 aliphatic carbocycles. The van der Waals surface area contributed by atoms with Crippen LogP contribution >= 0.6 is 11.8 Å². The molecule has 1 aromatic rings. The molecule has 0 spiro atoms. The monoisotopic (exact) mass is 275 g/mol. The topological polar surface area (TPSA) is 12.0 Å². The first-order valence-corrected chi connectivity index (χ1v) is 7.04. The molecule has 1 aliphatic rings. The SMILES string of the molecule is CC1CCNC(c2cccc(C(F)(F)F)c2)CS1. The Morgan fingerprint density at radius 2 is 2.11 bits per heavy atom. The molecule has 100 valence electrons. The zero-order valence-corrected chi connectivity index (χ0v) is 10.9. The molecule has 1 aliphatic heterocycles. The smallest absolute Gasteiger partial charge is 0.309 e. The van der Waals surface area contributed by atoms with Crippen molar-refractivity contribution in [2.75, 3.05) is 12.3 Å². The molecular formula is C13H16F3NS. The van der Waals surface area contributed by atoms with Crippen molar-refractivity contribution >= 4 is 11.8 Å². The van der Waals surface area contributed by atoms with E-state index in [1.807, 2.05) is 11.8 Å². The minimum absolute atomic E-state index is 0.0160. The van der Waals surface area contributed by atoms with E-state index in [9.17, 15) is 13.2 Å². The molecule has 1 saturated heterocycles. The summed E-state index contributed by atoms with van der Waals surface area (Å²) in [5, 5.41) is 3.88. The molecular weight excluding hydrogens is 259 g/mol. The van der Waals surface area contributed by atoms with Gasteiger partial charge in [0.05, 0.1) is 5.56 Å². The number of benzene rings is 1. The molecule has 1 N–H and O–H groups in total. The van der Waals surface area contributed by atoms with Crippen LogP contribution < -0.4 is 5.32 Å². The number of thioether (sulfide) groups is 1. The number of halogens is 3. The first-order valence-electron chi connectivity index (χ1n) is 5.99. The molecule has 0 saturated carbocycles. The molecule has 0 bridgehead atoms. The van der Waals surface area contributed by atoms with Gasteiger partial charge in [0.1, 0.15) is 0 Å². The standard InChI is InChI=1S/C13H16F3NS/c1-9-5-6-17-12(8-18-9)10-3-2-4-11(7-10)13(14,15)16/h2-4,7,9,12,17H,5-6,8H2,1H3. The summed E-state index contributed by atoms with van der Waals surface area (Å²) in [6, 6.07) is 5.65. The molecule has 1 aromatic carbocycles. The normalized spacial score (nSPS) is 25.8. The Hall–Kier alpha value is -0.680. The van der Waals surface area contributed by atoms with Crippen LogP contribution in [0.4, 0.5) is 13.2 Å². The van der Waals surface area contributed by atoms with E-state index < -0.39 is 11.7 Å². The van der Waals surface area contributed by atoms with Crippen LogP contribution in [0.2, 0.25) is 0 Å². The van der Waals surface area contributed by atoms with E-state index in [-0.39, 0.29) is 6.04 Å². The largest absolute Gasteiger partial charge is 0.416 e. The van der Waals surface area contributed by atoms with Gasteiger partial charge in [0, 0.05) is 17.0 Å². The van der Waals surface area contributed by atoms with Gasteiger partial charge in [-0.3, -0.25) is 0 Å². The van der Waals surface area contributed by atoms with Crippen molar-refractivity contribution in [3.05, 3.63) is 35.4 Å². The van der Waals surface area contributed by atoms with E-state index >= 15 is 0 Å². The van der Waals surface area contributed by atoms with Gasteiger partial charge in [-0.2, -0.15) is 24.9 Å². The van der Waals surface area contributed by atoms with Crippen molar-refractivity contribution in [3.63, 3.8) is 0 Å². The van der Waals surface area contributed by atoms with Gasteiger partial charge in [0.2, 0.25) is 0 Å². The van der Waals surface area contributed by atoms with Crippen LogP contribution in [0, 0.1) is 0 Å². The molecule has 0 aromatic heterocycles. The second kappa shape index (κ2) is 5.53. The Kier molecular flexibility index (Phi) is 4.22. The summed E-state index contributed by atoms with van der Waals surface area (Å²) < 4.78 is 38.0. The van der Waals surface area contributed by atoms with Crippen LogP contribution in [0.25, 0.3) is 0 Å². The second-order valence-corrected chi connectivity index (χ2v) is 6.03. The lowest BCUT2D eigenvalue weighted by Gasteiger charge is -2.17. The molecule has 1 fully saturated rings. The van der Waals surface area contributed by atoms with E-state index in [0.29, 0.717) is 5.25 Å². The highest BCUT2D eigenvalue weighted by atomic mass is 32.2. The summed E-state index contributed by atoms with van der Waals surface area (Å²) in [5.74, 6) is 0.822. The van der Waals surface area contributed by atoms with Crippen molar-refractivity contribution < 1.29 is 13.2 Å². The molecule has 18 heavy (non-hydrogen) atoms. The Balaban J connectivity index is 2.17. The van der Waals surface area contributed by atoms with Gasteiger partial charge in [-0.15, -0.1) is 0 Å². The lowest BCUT2D eigenvalue weighted by Crippen LogP contribution is -2.23. The predicted octanol–water partition coefficient (Wildman–Crippen LogP) is 3.86. The zero-order valence-electron chi connectivity index (χ0n) is 10.1. The van der Waals surface area contributed by atoms with Crippen molar-refractivity contribution in [2.24, 2.45) is 0 Å². The van der Waals surface area contributed by atoms with Crippen molar-refractivity contribution in [1.82, 2.24) is 5.32 Å². The summed E-state index contributed by atoms with van der Waals surface area (Å²) in [4.78, 5) is 0. The maximum Gasteiger partial charge on any atom is 0.416 e. The van der Waals surface area contributed by atoms with Gasteiger partial charge in [0.15, 0.2) is 0 Å². The number of rotatable bonds is 1. The van der Waals surface area contributed by atoms with Gasteiger partial charge in [-0.05, 0) is 30.7 Å². The van der Waals surface area contributed by atoms with Crippen molar-refractivity contribution in [3.8, 4) is 0 Å². The first kappa shape index (κ1) is 13.7. The van der Waals surface area contributed by atoms with E-state index in [0.717, 1.165) is 30.3 Å². The fraction of sp³-hybridized carbons (Fsp3) is 0.538. The fourth-order valence-electron chi connectivity index (χ4n) is 2.01. The highest BCUT2D eigenvalue weighted by Gasteiger charge is 2.31.